The zero-order chi connectivity index (χ0) is 14.4. The average Bonchev–Trinajstić information content (AvgIpc) is 2.90. The van der Waals surface area contributed by atoms with Crippen LogP contribution in [0.3, 0.4) is 0 Å². The Balaban J connectivity index is 1.93. The normalized spacial score (nSPS) is 21.9. The van der Waals surface area contributed by atoms with Crippen LogP contribution < -0.4 is 10.6 Å². The number of nitrogens with zero attached hydrogens (tertiary/aromatic N) is 2. The maximum atomic E-state index is 9.36. The predicted octanol–water partition coefficient (Wildman–Crippen LogP) is 2.43. The highest BCUT2D eigenvalue weighted by Gasteiger charge is 2.26. The van der Waals surface area contributed by atoms with Crippen LogP contribution in [0.4, 0.5) is 11.6 Å². The summed E-state index contributed by atoms with van der Waals surface area (Å²) < 4.78 is 0. The van der Waals surface area contributed by atoms with Gasteiger partial charge in [0.1, 0.15) is 17.5 Å². The average molecular weight is 278 g/mol. The molecule has 20 heavy (non-hydrogen) atoms. The van der Waals surface area contributed by atoms with Crippen LogP contribution in [-0.2, 0) is 0 Å². The molecular formula is C15H26N4O. The van der Waals surface area contributed by atoms with Crippen LogP contribution in [0.5, 0.6) is 0 Å². The SMILES string of the molecule is CCCNc1cc(NCC2CCCC2CO)nc(C)n1. The molecule has 0 radical (unpaired) electrons. The van der Waals surface area contributed by atoms with Gasteiger partial charge < -0.3 is 15.7 Å². The molecule has 0 saturated heterocycles. The van der Waals surface area contributed by atoms with Gasteiger partial charge in [-0.15, -0.1) is 0 Å². The summed E-state index contributed by atoms with van der Waals surface area (Å²) in [5.74, 6) is 3.54. The van der Waals surface area contributed by atoms with Crippen molar-refractivity contribution < 1.29 is 5.11 Å². The first-order chi connectivity index (χ1) is 9.72. The van der Waals surface area contributed by atoms with E-state index in [0.717, 1.165) is 43.4 Å². The zero-order valence-corrected chi connectivity index (χ0v) is 12.5. The number of aromatic nitrogens is 2. The topological polar surface area (TPSA) is 70.1 Å². The summed E-state index contributed by atoms with van der Waals surface area (Å²) in [6.07, 6.45) is 4.65. The molecule has 0 spiro atoms. The van der Waals surface area contributed by atoms with Crippen LogP contribution in [-0.4, -0.2) is 34.8 Å². The van der Waals surface area contributed by atoms with Gasteiger partial charge in [-0.3, -0.25) is 0 Å². The van der Waals surface area contributed by atoms with Gasteiger partial charge in [-0.1, -0.05) is 13.3 Å². The highest BCUT2D eigenvalue weighted by molar-refractivity contribution is 5.47. The lowest BCUT2D eigenvalue weighted by molar-refractivity contribution is 0.199. The lowest BCUT2D eigenvalue weighted by atomic mass is 9.97. The van der Waals surface area contributed by atoms with E-state index in [-0.39, 0.29) is 0 Å². The van der Waals surface area contributed by atoms with Crippen molar-refractivity contribution in [2.75, 3.05) is 30.3 Å². The van der Waals surface area contributed by atoms with Gasteiger partial charge >= 0.3 is 0 Å². The van der Waals surface area contributed by atoms with Crippen molar-refractivity contribution in [3.05, 3.63) is 11.9 Å². The van der Waals surface area contributed by atoms with Crippen molar-refractivity contribution in [3.63, 3.8) is 0 Å². The van der Waals surface area contributed by atoms with E-state index in [4.69, 9.17) is 0 Å². The van der Waals surface area contributed by atoms with Gasteiger partial charge in [0.05, 0.1) is 0 Å². The number of anilines is 2. The molecule has 1 aliphatic rings. The molecule has 1 saturated carbocycles. The van der Waals surface area contributed by atoms with Crippen molar-refractivity contribution in [1.82, 2.24) is 9.97 Å². The van der Waals surface area contributed by atoms with Gasteiger partial charge in [0.25, 0.3) is 0 Å². The lowest BCUT2D eigenvalue weighted by Gasteiger charge is -2.18. The molecule has 1 fully saturated rings. The van der Waals surface area contributed by atoms with Crippen LogP contribution >= 0.6 is 0 Å². The van der Waals surface area contributed by atoms with Gasteiger partial charge in [0.15, 0.2) is 0 Å². The third-order valence-corrected chi connectivity index (χ3v) is 3.99. The Kier molecular flexibility index (Phi) is 5.59. The second kappa shape index (κ2) is 7.43. The second-order valence-electron chi connectivity index (χ2n) is 5.63. The van der Waals surface area contributed by atoms with Crippen LogP contribution in [0.15, 0.2) is 6.07 Å². The van der Waals surface area contributed by atoms with Crippen molar-refractivity contribution in [3.8, 4) is 0 Å². The number of rotatable bonds is 7. The molecule has 3 N–H and O–H groups in total. The lowest BCUT2D eigenvalue weighted by Crippen LogP contribution is -2.21. The van der Waals surface area contributed by atoms with E-state index in [1.54, 1.807) is 0 Å². The Labute approximate surface area is 121 Å². The number of aliphatic hydroxyl groups excluding tert-OH is 1. The summed E-state index contributed by atoms with van der Waals surface area (Å²) in [4.78, 5) is 8.81. The molecule has 2 rings (SSSR count). The zero-order valence-electron chi connectivity index (χ0n) is 12.5. The number of aliphatic hydroxyl groups is 1. The molecule has 2 unspecified atom stereocenters. The molecule has 0 aromatic carbocycles. The Hall–Kier alpha value is -1.36. The van der Waals surface area contributed by atoms with Gasteiger partial charge in [-0.25, -0.2) is 9.97 Å². The van der Waals surface area contributed by atoms with E-state index in [1.807, 2.05) is 13.0 Å². The molecule has 5 nitrogen and oxygen atoms in total. The van der Waals surface area contributed by atoms with Gasteiger partial charge in [-0.05, 0) is 38.0 Å². The first-order valence-electron chi connectivity index (χ1n) is 7.67. The molecule has 2 atom stereocenters. The molecule has 112 valence electrons. The van der Waals surface area contributed by atoms with Crippen molar-refractivity contribution in [1.29, 1.82) is 0 Å². The van der Waals surface area contributed by atoms with Crippen LogP contribution in [0.1, 0.15) is 38.4 Å². The molecule has 5 heteroatoms. The van der Waals surface area contributed by atoms with E-state index in [1.165, 1.54) is 12.8 Å². The Morgan fingerprint density at radius 1 is 1.20 bits per heavy atom. The van der Waals surface area contributed by atoms with Crippen molar-refractivity contribution in [2.45, 2.75) is 39.5 Å². The Bertz CT molecular complexity index is 424. The fraction of sp³-hybridized carbons (Fsp3) is 0.733. The molecule has 1 aliphatic carbocycles. The smallest absolute Gasteiger partial charge is 0.131 e. The summed E-state index contributed by atoms with van der Waals surface area (Å²) in [5.41, 5.74) is 0. The molecular weight excluding hydrogens is 252 g/mol. The van der Waals surface area contributed by atoms with E-state index in [9.17, 15) is 5.11 Å². The highest BCUT2D eigenvalue weighted by Crippen LogP contribution is 2.31. The number of hydrogen-bond acceptors (Lipinski definition) is 5. The van der Waals surface area contributed by atoms with Crippen LogP contribution in [0, 0.1) is 18.8 Å². The summed E-state index contributed by atoms with van der Waals surface area (Å²) in [7, 11) is 0. The first kappa shape index (κ1) is 15.0. The third-order valence-electron chi connectivity index (χ3n) is 3.99. The number of hydrogen-bond donors (Lipinski definition) is 3. The highest BCUT2D eigenvalue weighted by atomic mass is 16.3. The minimum Gasteiger partial charge on any atom is -0.396 e. The van der Waals surface area contributed by atoms with Gasteiger partial charge in [0.2, 0.25) is 0 Å². The third kappa shape index (κ3) is 4.07. The van der Waals surface area contributed by atoms with E-state index >= 15 is 0 Å². The quantitative estimate of drug-likeness (QED) is 0.714. The Morgan fingerprint density at radius 2 is 1.90 bits per heavy atom. The van der Waals surface area contributed by atoms with E-state index in [0.29, 0.717) is 18.4 Å². The maximum Gasteiger partial charge on any atom is 0.131 e. The largest absolute Gasteiger partial charge is 0.396 e. The number of nitrogens with one attached hydrogen (secondary N) is 2. The second-order valence-corrected chi connectivity index (χ2v) is 5.63. The predicted molar refractivity (Wildman–Crippen MR) is 82.0 cm³/mol. The summed E-state index contributed by atoms with van der Waals surface area (Å²) >= 11 is 0. The van der Waals surface area contributed by atoms with E-state index in [2.05, 4.69) is 27.5 Å². The standard InChI is InChI=1S/C15H26N4O/c1-3-7-16-14-8-15(19-11(2)18-14)17-9-12-5-4-6-13(12)10-20/h8,12-13,20H,3-7,9-10H2,1-2H3,(H2,16,17,18,19). The summed E-state index contributed by atoms with van der Waals surface area (Å²) in [6.45, 7) is 6.15. The van der Waals surface area contributed by atoms with Crippen LogP contribution in [0.25, 0.3) is 0 Å². The van der Waals surface area contributed by atoms with Gasteiger partial charge in [-0.2, -0.15) is 0 Å². The minimum absolute atomic E-state index is 0.304. The summed E-state index contributed by atoms with van der Waals surface area (Å²) in [5, 5.41) is 16.1. The Morgan fingerprint density at radius 3 is 2.60 bits per heavy atom. The van der Waals surface area contributed by atoms with E-state index < -0.39 is 0 Å². The molecule has 0 aliphatic heterocycles. The monoisotopic (exact) mass is 278 g/mol. The molecule has 1 aromatic heterocycles. The first-order valence-corrected chi connectivity index (χ1v) is 7.67. The van der Waals surface area contributed by atoms with Crippen molar-refractivity contribution in [2.24, 2.45) is 11.8 Å². The fourth-order valence-corrected chi connectivity index (χ4v) is 2.86. The van der Waals surface area contributed by atoms with Crippen molar-refractivity contribution >= 4 is 11.6 Å². The number of aryl methyl sites for hydroxylation is 1. The fourth-order valence-electron chi connectivity index (χ4n) is 2.86. The minimum atomic E-state index is 0.304. The van der Waals surface area contributed by atoms with Crippen LogP contribution in [0.2, 0.25) is 0 Å². The maximum absolute atomic E-state index is 9.36. The molecule has 0 amide bonds. The molecule has 1 heterocycles. The summed E-state index contributed by atoms with van der Waals surface area (Å²) in [6, 6.07) is 1.96. The molecule has 1 aromatic rings. The molecule has 0 bridgehead atoms. The van der Waals surface area contributed by atoms with Gasteiger partial charge in [0, 0.05) is 25.8 Å².